The highest BCUT2D eigenvalue weighted by molar-refractivity contribution is 6.03. The number of ether oxygens (including phenoxy) is 1. The number of carboxylic acid groups (broad SMARTS) is 1. The van der Waals surface area contributed by atoms with Crippen LogP contribution in [0.1, 0.15) is 22.3 Å². The van der Waals surface area contributed by atoms with Crippen LogP contribution in [0.15, 0.2) is 24.3 Å². The molecule has 0 spiro atoms. The van der Waals surface area contributed by atoms with Crippen molar-refractivity contribution in [3.8, 4) is 0 Å². The standard InChI is InChI=1S/C17H18N2O6/c20-14-8-12(15(21)18-14)7-10-1-3-11(4-2-10)16(22)19-5-6-25-9-13(19)17(23)24/h1-4,12-13H,5-9H2,(H,23,24)(H,18,20,21). The topological polar surface area (TPSA) is 113 Å². The lowest BCUT2D eigenvalue weighted by atomic mass is 9.97. The van der Waals surface area contributed by atoms with Gasteiger partial charge < -0.3 is 14.7 Å². The summed E-state index contributed by atoms with van der Waals surface area (Å²) in [5, 5.41) is 11.5. The van der Waals surface area contributed by atoms with E-state index in [0.29, 0.717) is 18.6 Å². The van der Waals surface area contributed by atoms with E-state index in [1.165, 1.54) is 4.90 Å². The van der Waals surface area contributed by atoms with Gasteiger partial charge in [0.05, 0.1) is 19.1 Å². The Balaban J connectivity index is 1.69. The molecule has 8 heteroatoms. The first-order valence-corrected chi connectivity index (χ1v) is 8.00. The Morgan fingerprint density at radius 2 is 1.96 bits per heavy atom. The van der Waals surface area contributed by atoms with Crippen LogP contribution in [-0.2, 0) is 25.5 Å². The summed E-state index contributed by atoms with van der Waals surface area (Å²) < 4.78 is 5.13. The molecule has 25 heavy (non-hydrogen) atoms. The average Bonchev–Trinajstić information content (AvgIpc) is 2.92. The van der Waals surface area contributed by atoms with Gasteiger partial charge in [-0.05, 0) is 24.1 Å². The third-order valence-electron chi connectivity index (χ3n) is 4.42. The Morgan fingerprint density at radius 3 is 2.56 bits per heavy atom. The Labute approximate surface area is 143 Å². The highest BCUT2D eigenvalue weighted by Gasteiger charge is 2.33. The van der Waals surface area contributed by atoms with E-state index in [1.807, 2.05) is 0 Å². The number of nitrogens with one attached hydrogen (secondary N) is 1. The molecule has 0 saturated carbocycles. The van der Waals surface area contributed by atoms with Crippen molar-refractivity contribution in [3.05, 3.63) is 35.4 Å². The van der Waals surface area contributed by atoms with Gasteiger partial charge in [0.25, 0.3) is 5.91 Å². The third-order valence-corrected chi connectivity index (χ3v) is 4.42. The lowest BCUT2D eigenvalue weighted by molar-refractivity contribution is -0.147. The van der Waals surface area contributed by atoms with Gasteiger partial charge in [0.15, 0.2) is 6.04 Å². The first-order valence-electron chi connectivity index (χ1n) is 8.00. The van der Waals surface area contributed by atoms with Gasteiger partial charge in [-0.3, -0.25) is 19.7 Å². The fourth-order valence-corrected chi connectivity index (χ4v) is 3.06. The van der Waals surface area contributed by atoms with Gasteiger partial charge in [-0.25, -0.2) is 4.79 Å². The van der Waals surface area contributed by atoms with Crippen molar-refractivity contribution in [2.75, 3.05) is 19.8 Å². The number of imide groups is 1. The average molecular weight is 346 g/mol. The van der Waals surface area contributed by atoms with Crippen molar-refractivity contribution < 1.29 is 29.0 Å². The second kappa shape index (κ2) is 7.02. The summed E-state index contributed by atoms with van der Waals surface area (Å²) in [5.74, 6) is -2.39. The highest BCUT2D eigenvalue weighted by Crippen LogP contribution is 2.19. The number of carbonyl (C=O) groups excluding carboxylic acids is 3. The Kier molecular flexibility index (Phi) is 4.80. The molecule has 132 valence electrons. The Hall–Kier alpha value is -2.74. The van der Waals surface area contributed by atoms with Crippen LogP contribution in [-0.4, -0.2) is 59.5 Å². The summed E-state index contributed by atoms with van der Waals surface area (Å²) in [7, 11) is 0. The van der Waals surface area contributed by atoms with E-state index in [9.17, 15) is 24.3 Å². The van der Waals surface area contributed by atoms with Crippen LogP contribution in [0.5, 0.6) is 0 Å². The zero-order valence-electron chi connectivity index (χ0n) is 13.4. The molecule has 0 aromatic heterocycles. The molecule has 0 bridgehead atoms. The molecule has 0 radical (unpaired) electrons. The monoisotopic (exact) mass is 346 g/mol. The number of aliphatic carboxylic acids is 1. The SMILES string of the molecule is O=C1CC(Cc2ccc(C(=O)N3CCOCC3C(=O)O)cc2)C(=O)N1. The second-order valence-electron chi connectivity index (χ2n) is 6.14. The van der Waals surface area contributed by atoms with Gasteiger partial charge in [0, 0.05) is 18.5 Å². The Bertz CT molecular complexity index is 714. The summed E-state index contributed by atoms with van der Waals surface area (Å²) in [6.07, 6.45) is 0.592. The largest absolute Gasteiger partial charge is 0.480 e. The van der Waals surface area contributed by atoms with Crippen LogP contribution in [0.3, 0.4) is 0 Å². The first-order chi connectivity index (χ1) is 12.0. The predicted molar refractivity (Wildman–Crippen MR) is 84.7 cm³/mol. The molecule has 2 saturated heterocycles. The minimum atomic E-state index is -1.10. The third kappa shape index (κ3) is 3.69. The molecule has 2 N–H and O–H groups in total. The molecule has 3 rings (SSSR count). The van der Waals surface area contributed by atoms with Crippen LogP contribution in [0.4, 0.5) is 0 Å². The maximum absolute atomic E-state index is 12.6. The van der Waals surface area contributed by atoms with Crippen molar-refractivity contribution in [1.29, 1.82) is 0 Å². The molecule has 2 aliphatic heterocycles. The predicted octanol–water partition coefficient (Wildman–Crippen LogP) is -0.183. The number of amides is 3. The number of rotatable bonds is 4. The van der Waals surface area contributed by atoms with Gasteiger partial charge in [-0.15, -0.1) is 0 Å². The number of carboxylic acids is 1. The normalized spacial score (nSPS) is 23.4. The maximum Gasteiger partial charge on any atom is 0.328 e. The van der Waals surface area contributed by atoms with Crippen LogP contribution >= 0.6 is 0 Å². The van der Waals surface area contributed by atoms with Gasteiger partial charge in [-0.2, -0.15) is 0 Å². The molecular formula is C17H18N2O6. The smallest absolute Gasteiger partial charge is 0.328 e. The second-order valence-corrected chi connectivity index (χ2v) is 6.14. The summed E-state index contributed by atoms with van der Waals surface area (Å²) in [4.78, 5) is 48.0. The quantitative estimate of drug-likeness (QED) is 0.731. The molecule has 2 unspecified atom stereocenters. The van der Waals surface area contributed by atoms with Crippen LogP contribution in [0, 0.1) is 5.92 Å². The van der Waals surface area contributed by atoms with Crippen molar-refractivity contribution in [2.45, 2.75) is 18.9 Å². The lowest BCUT2D eigenvalue weighted by Crippen LogP contribution is -2.52. The zero-order valence-corrected chi connectivity index (χ0v) is 13.4. The first kappa shape index (κ1) is 17.1. The van der Waals surface area contributed by atoms with Crippen LogP contribution in [0.25, 0.3) is 0 Å². The van der Waals surface area contributed by atoms with E-state index in [0.717, 1.165) is 5.56 Å². The van der Waals surface area contributed by atoms with Gasteiger partial charge in [0.1, 0.15) is 0 Å². The number of hydrogen-bond donors (Lipinski definition) is 2. The summed E-state index contributed by atoms with van der Waals surface area (Å²) in [5.41, 5.74) is 1.21. The van der Waals surface area contributed by atoms with E-state index in [2.05, 4.69) is 5.32 Å². The van der Waals surface area contributed by atoms with Crippen LogP contribution < -0.4 is 5.32 Å². The fourth-order valence-electron chi connectivity index (χ4n) is 3.06. The minimum Gasteiger partial charge on any atom is -0.480 e. The molecule has 2 aliphatic rings. The molecule has 2 fully saturated rings. The Morgan fingerprint density at radius 1 is 1.24 bits per heavy atom. The summed E-state index contributed by atoms with van der Waals surface area (Å²) in [6, 6.07) is 5.68. The number of carbonyl (C=O) groups is 4. The van der Waals surface area contributed by atoms with E-state index in [-0.39, 0.29) is 43.2 Å². The lowest BCUT2D eigenvalue weighted by Gasteiger charge is -2.32. The summed E-state index contributed by atoms with van der Waals surface area (Å²) >= 11 is 0. The van der Waals surface area contributed by atoms with Gasteiger partial charge in [-0.1, -0.05) is 12.1 Å². The molecule has 1 aromatic carbocycles. The number of hydrogen-bond acceptors (Lipinski definition) is 5. The van der Waals surface area contributed by atoms with E-state index < -0.39 is 12.0 Å². The number of benzene rings is 1. The van der Waals surface area contributed by atoms with Crippen molar-refractivity contribution >= 4 is 23.7 Å². The molecule has 0 aliphatic carbocycles. The van der Waals surface area contributed by atoms with Crippen molar-refractivity contribution in [2.24, 2.45) is 5.92 Å². The van der Waals surface area contributed by atoms with Crippen molar-refractivity contribution in [3.63, 3.8) is 0 Å². The summed E-state index contributed by atoms with van der Waals surface area (Å²) in [6.45, 7) is 0.504. The van der Waals surface area contributed by atoms with E-state index in [1.54, 1.807) is 24.3 Å². The van der Waals surface area contributed by atoms with Crippen molar-refractivity contribution in [1.82, 2.24) is 10.2 Å². The van der Waals surface area contributed by atoms with E-state index >= 15 is 0 Å². The zero-order chi connectivity index (χ0) is 18.0. The van der Waals surface area contributed by atoms with E-state index in [4.69, 9.17) is 4.74 Å². The molecule has 2 atom stereocenters. The fraction of sp³-hybridized carbons (Fsp3) is 0.412. The highest BCUT2D eigenvalue weighted by atomic mass is 16.5. The van der Waals surface area contributed by atoms with Gasteiger partial charge >= 0.3 is 5.97 Å². The molecular weight excluding hydrogens is 328 g/mol. The minimum absolute atomic E-state index is 0.0238. The van der Waals surface area contributed by atoms with Crippen LogP contribution in [0.2, 0.25) is 0 Å². The molecule has 8 nitrogen and oxygen atoms in total. The van der Waals surface area contributed by atoms with Gasteiger partial charge in [0.2, 0.25) is 11.8 Å². The molecule has 1 aromatic rings. The number of morpholine rings is 1. The number of nitrogens with zero attached hydrogens (tertiary/aromatic N) is 1. The molecule has 2 heterocycles. The molecule has 3 amide bonds. The maximum atomic E-state index is 12.6.